The van der Waals surface area contributed by atoms with E-state index in [4.69, 9.17) is 5.26 Å². The summed E-state index contributed by atoms with van der Waals surface area (Å²) < 4.78 is 0. The normalized spacial score (nSPS) is 10.9. The van der Waals surface area contributed by atoms with Gasteiger partial charge in [-0.15, -0.1) is 0 Å². The van der Waals surface area contributed by atoms with Crippen LogP contribution in [0.4, 0.5) is 0 Å². The van der Waals surface area contributed by atoms with Crippen LogP contribution in [0.25, 0.3) is 0 Å². The fourth-order valence-electron chi connectivity index (χ4n) is 0.505. The molecule has 0 rings (SSSR count). The highest BCUT2D eigenvalue weighted by Gasteiger charge is 2.22. The molecule has 3 heteroatoms. The van der Waals surface area contributed by atoms with Crippen molar-refractivity contribution in [2.24, 2.45) is 0 Å². The molecule has 0 amide bonds. The summed E-state index contributed by atoms with van der Waals surface area (Å²) in [7, 11) is -1.14. The van der Waals surface area contributed by atoms with Crippen molar-refractivity contribution in [3.63, 3.8) is 0 Å². The Kier molecular flexibility index (Phi) is 3.99. The summed E-state index contributed by atoms with van der Waals surface area (Å²) in [6, 6.07) is 2.42. The second kappa shape index (κ2) is 3.97. The van der Waals surface area contributed by atoms with Crippen LogP contribution in [0.1, 0.15) is 13.8 Å². The maximum absolute atomic E-state index is 8.41. The zero-order valence-corrected chi connectivity index (χ0v) is 8.09. The Hall–Kier alpha value is 0.0569. The van der Waals surface area contributed by atoms with Crippen molar-refractivity contribution >= 4 is 18.4 Å². The largest absolute Gasteiger partial charge is 0.186 e. The molecule has 0 unspecified atom stereocenters. The number of nitrogens with zero attached hydrogens (tertiary/aromatic N) is 1. The number of thiocyanates is 1. The fourth-order valence-corrected chi connectivity index (χ4v) is 3.04. The smallest absolute Gasteiger partial charge is 0.133 e. The first-order chi connectivity index (χ1) is 4.18. The predicted octanol–water partition coefficient (Wildman–Crippen LogP) is 2.82. The van der Waals surface area contributed by atoms with Gasteiger partial charge in [0.15, 0.2) is 0 Å². The number of rotatable bonds is 3. The Morgan fingerprint density at radius 1 is 1.44 bits per heavy atom. The standard InChI is InChI=1S/C6H13NSSi/c1-4-9(3,5-2)8-6-7/h4-5H2,1-3H3. The molecule has 1 nitrogen and oxygen atoms in total. The lowest BCUT2D eigenvalue weighted by Gasteiger charge is -2.17. The molecule has 9 heavy (non-hydrogen) atoms. The molecule has 0 aliphatic heterocycles. The molecule has 0 fully saturated rings. The minimum atomic E-state index is -1.14. The zero-order chi connectivity index (χ0) is 7.33. The van der Waals surface area contributed by atoms with Gasteiger partial charge in [-0.25, -0.2) is 0 Å². The van der Waals surface area contributed by atoms with Crippen LogP contribution in [0.3, 0.4) is 0 Å². The second-order valence-electron chi connectivity index (χ2n) is 2.35. The lowest BCUT2D eigenvalue weighted by atomic mass is 10.9. The molecule has 0 saturated carbocycles. The van der Waals surface area contributed by atoms with Gasteiger partial charge in [-0.05, 0) is 0 Å². The molecule has 0 heterocycles. The summed E-state index contributed by atoms with van der Waals surface area (Å²) in [5.41, 5.74) is 0. The molecule has 0 radical (unpaired) electrons. The van der Waals surface area contributed by atoms with E-state index in [0.717, 1.165) is 0 Å². The van der Waals surface area contributed by atoms with Crippen molar-refractivity contribution in [3.05, 3.63) is 0 Å². The van der Waals surface area contributed by atoms with Crippen LogP contribution in [0.2, 0.25) is 18.6 Å². The first kappa shape index (κ1) is 9.06. The van der Waals surface area contributed by atoms with E-state index in [1.165, 1.54) is 23.3 Å². The Bertz CT molecular complexity index is 115. The molecular formula is C6H13NSSi. The molecule has 0 aromatic carbocycles. The van der Waals surface area contributed by atoms with E-state index in [1.54, 1.807) is 0 Å². The Labute approximate surface area is 62.1 Å². The molecular weight excluding hydrogens is 146 g/mol. The lowest BCUT2D eigenvalue weighted by molar-refractivity contribution is 1.30. The minimum absolute atomic E-state index is 1.14. The monoisotopic (exact) mass is 159 g/mol. The summed E-state index contributed by atoms with van der Waals surface area (Å²) in [6.07, 6.45) is 0. The van der Waals surface area contributed by atoms with Gasteiger partial charge in [0, 0.05) is 0 Å². The first-order valence-electron chi connectivity index (χ1n) is 3.25. The van der Waals surface area contributed by atoms with Gasteiger partial charge in [0.05, 0.1) is 0 Å². The van der Waals surface area contributed by atoms with Crippen LogP contribution in [0.15, 0.2) is 0 Å². The second-order valence-corrected chi connectivity index (χ2v) is 10.6. The van der Waals surface area contributed by atoms with E-state index >= 15 is 0 Å². The van der Waals surface area contributed by atoms with Crippen molar-refractivity contribution < 1.29 is 0 Å². The van der Waals surface area contributed by atoms with Gasteiger partial charge in [0.25, 0.3) is 0 Å². The number of nitriles is 1. The average molecular weight is 159 g/mol. The van der Waals surface area contributed by atoms with Crippen LogP contribution >= 0.6 is 11.2 Å². The maximum Gasteiger partial charge on any atom is 0.133 e. The van der Waals surface area contributed by atoms with E-state index in [2.05, 4.69) is 25.8 Å². The van der Waals surface area contributed by atoms with E-state index in [9.17, 15) is 0 Å². The van der Waals surface area contributed by atoms with E-state index in [0.29, 0.717) is 0 Å². The minimum Gasteiger partial charge on any atom is -0.186 e. The number of hydrogen-bond donors (Lipinski definition) is 0. The Balaban J connectivity index is 3.80. The quantitative estimate of drug-likeness (QED) is 0.467. The molecule has 0 aromatic rings. The third-order valence-electron chi connectivity index (χ3n) is 1.79. The molecule has 0 atom stereocenters. The molecule has 0 aromatic heterocycles. The Morgan fingerprint density at radius 3 is 2.00 bits per heavy atom. The third-order valence-corrected chi connectivity index (χ3v) is 8.85. The van der Waals surface area contributed by atoms with Gasteiger partial charge in [-0.2, -0.15) is 5.26 Å². The summed E-state index contributed by atoms with van der Waals surface area (Å²) in [6.45, 7) is 6.63. The summed E-state index contributed by atoms with van der Waals surface area (Å²) in [5.74, 6) is 0. The summed E-state index contributed by atoms with van der Waals surface area (Å²) in [5, 5.41) is 10.6. The fraction of sp³-hybridized carbons (Fsp3) is 0.833. The zero-order valence-electron chi connectivity index (χ0n) is 6.27. The van der Waals surface area contributed by atoms with E-state index < -0.39 is 7.22 Å². The molecule has 0 saturated heterocycles. The van der Waals surface area contributed by atoms with Crippen LogP contribution in [-0.4, -0.2) is 7.22 Å². The van der Waals surface area contributed by atoms with Crippen LogP contribution < -0.4 is 0 Å². The van der Waals surface area contributed by atoms with Gasteiger partial charge < -0.3 is 0 Å². The van der Waals surface area contributed by atoms with Gasteiger partial charge in [-0.1, -0.05) is 43.7 Å². The molecule has 0 bridgehead atoms. The molecule has 0 aliphatic carbocycles. The molecule has 0 N–H and O–H groups in total. The summed E-state index contributed by atoms with van der Waals surface area (Å²) in [4.78, 5) is 0. The van der Waals surface area contributed by atoms with Gasteiger partial charge >= 0.3 is 0 Å². The SMILES string of the molecule is CC[Si](C)(CC)SC#N. The Morgan fingerprint density at radius 2 is 1.89 bits per heavy atom. The van der Waals surface area contributed by atoms with E-state index in [1.807, 2.05) is 0 Å². The lowest BCUT2D eigenvalue weighted by Crippen LogP contribution is -2.21. The first-order valence-corrected chi connectivity index (χ1v) is 7.71. The van der Waals surface area contributed by atoms with Crippen molar-refractivity contribution in [2.75, 3.05) is 0 Å². The van der Waals surface area contributed by atoms with Gasteiger partial charge in [0.2, 0.25) is 0 Å². The van der Waals surface area contributed by atoms with Crippen molar-refractivity contribution in [3.8, 4) is 5.40 Å². The highest BCUT2D eigenvalue weighted by molar-refractivity contribution is 8.32. The van der Waals surface area contributed by atoms with Crippen LogP contribution in [-0.2, 0) is 0 Å². The van der Waals surface area contributed by atoms with Crippen molar-refractivity contribution in [2.45, 2.75) is 32.5 Å². The molecule has 52 valence electrons. The third kappa shape index (κ3) is 2.92. The topological polar surface area (TPSA) is 23.8 Å². The number of hydrogen-bond acceptors (Lipinski definition) is 2. The highest BCUT2D eigenvalue weighted by atomic mass is 32.4. The summed E-state index contributed by atoms with van der Waals surface area (Å²) >= 11 is 1.52. The van der Waals surface area contributed by atoms with E-state index in [-0.39, 0.29) is 0 Å². The maximum atomic E-state index is 8.41. The van der Waals surface area contributed by atoms with Crippen molar-refractivity contribution in [1.29, 1.82) is 5.26 Å². The van der Waals surface area contributed by atoms with Crippen LogP contribution in [0, 0.1) is 10.7 Å². The molecule has 0 aliphatic rings. The average Bonchev–Trinajstić information content (AvgIpc) is 1.89. The van der Waals surface area contributed by atoms with Gasteiger partial charge in [0.1, 0.15) is 12.6 Å². The predicted molar refractivity (Wildman–Crippen MR) is 45.8 cm³/mol. The van der Waals surface area contributed by atoms with Crippen LogP contribution in [0.5, 0.6) is 0 Å². The highest BCUT2D eigenvalue weighted by Crippen LogP contribution is 2.26. The molecule has 0 spiro atoms. The van der Waals surface area contributed by atoms with Gasteiger partial charge in [-0.3, -0.25) is 0 Å². The van der Waals surface area contributed by atoms with Crippen molar-refractivity contribution in [1.82, 2.24) is 0 Å².